The first-order valence-electron chi connectivity index (χ1n) is 8.99. The Balaban J connectivity index is 1.57. The highest BCUT2D eigenvalue weighted by atomic mass is 16.5. The van der Waals surface area contributed by atoms with E-state index in [0.717, 1.165) is 59.6 Å². The molecule has 2 heterocycles. The van der Waals surface area contributed by atoms with Crippen LogP contribution in [-0.2, 0) is 19.9 Å². The summed E-state index contributed by atoms with van der Waals surface area (Å²) in [7, 11) is 1.76. The smallest absolute Gasteiger partial charge is 0.204 e. The van der Waals surface area contributed by atoms with Crippen molar-refractivity contribution in [1.29, 1.82) is 0 Å². The maximum Gasteiger partial charge on any atom is 0.204 e. The van der Waals surface area contributed by atoms with Crippen LogP contribution in [0, 0.1) is 13.8 Å². The molecule has 7 heteroatoms. The van der Waals surface area contributed by atoms with Gasteiger partial charge in [0, 0.05) is 18.1 Å². The van der Waals surface area contributed by atoms with Crippen molar-refractivity contribution in [2.45, 2.75) is 46.5 Å². The number of benzene rings is 1. The molecule has 0 bridgehead atoms. The van der Waals surface area contributed by atoms with Gasteiger partial charge in [0.25, 0.3) is 0 Å². The van der Waals surface area contributed by atoms with E-state index in [1.165, 1.54) is 4.80 Å². The van der Waals surface area contributed by atoms with Crippen molar-refractivity contribution in [2.75, 3.05) is 6.61 Å². The van der Waals surface area contributed by atoms with Crippen LogP contribution in [0.5, 0.6) is 5.75 Å². The quantitative estimate of drug-likeness (QED) is 0.576. The van der Waals surface area contributed by atoms with Crippen LogP contribution in [-0.4, -0.2) is 32.0 Å². The van der Waals surface area contributed by atoms with E-state index >= 15 is 0 Å². The minimum Gasteiger partial charge on any atom is -0.493 e. The number of hydrogen-bond donors (Lipinski definition) is 0. The number of aryl methyl sites for hydroxylation is 5. The summed E-state index contributed by atoms with van der Waals surface area (Å²) in [5.74, 6) is 2.47. The second kappa shape index (κ2) is 8.12. The van der Waals surface area contributed by atoms with Gasteiger partial charge in [0.05, 0.1) is 19.3 Å². The van der Waals surface area contributed by atoms with Crippen LogP contribution in [0.25, 0.3) is 11.4 Å². The second-order valence-electron chi connectivity index (χ2n) is 6.53. The molecule has 0 amide bonds. The summed E-state index contributed by atoms with van der Waals surface area (Å²) >= 11 is 0. The molecule has 3 rings (SSSR count). The molecule has 0 saturated carbocycles. The van der Waals surface area contributed by atoms with Crippen molar-refractivity contribution in [3.63, 3.8) is 0 Å². The zero-order valence-corrected chi connectivity index (χ0v) is 15.8. The molecule has 0 atom stereocenters. The van der Waals surface area contributed by atoms with Crippen molar-refractivity contribution < 1.29 is 9.26 Å². The summed E-state index contributed by atoms with van der Waals surface area (Å²) in [5.41, 5.74) is 4.11. The third-order valence-electron chi connectivity index (χ3n) is 4.15. The average Bonchev–Trinajstić information content (AvgIpc) is 3.23. The van der Waals surface area contributed by atoms with E-state index in [2.05, 4.69) is 27.5 Å². The van der Waals surface area contributed by atoms with Gasteiger partial charge in [0.2, 0.25) is 5.82 Å². The van der Waals surface area contributed by atoms with Crippen LogP contribution in [0.4, 0.5) is 0 Å². The molecule has 0 saturated heterocycles. The molecule has 0 aliphatic rings. The van der Waals surface area contributed by atoms with Crippen molar-refractivity contribution >= 4 is 0 Å². The van der Waals surface area contributed by atoms with Gasteiger partial charge >= 0.3 is 0 Å². The summed E-state index contributed by atoms with van der Waals surface area (Å²) in [6, 6.07) is 6.11. The molecule has 0 radical (unpaired) electrons. The fourth-order valence-electron chi connectivity index (χ4n) is 2.97. The minimum atomic E-state index is 0.624. The van der Waals surface area contributed by atoms with Gasteiger partial charge < -0.3 is 9.26 Å². The molecule has 0 aliphatic heterocycles. The molecule has 3 aromatic rings. The molecule has 0 fully saturated rings. The summed E-state index contributed by atoms with van der Waals surface area (Å²) in [6.07, 6.45) is 3.75. The number of tetrazole rings is 1. The maximum atomic E-state index is 6.02. The maximum absolute atomic E-state index is 6.02. The predicted molar refractivity (Wildman–Crippen MR) is 98.0 cm³/mol. The molecular formula is C19H25N5O2. The van der Waals surface area contributed by atoms with Gasteiger partial charge in [-0.15, -0.1) is 10.2 Å². The van der Waals surface area contributed by atoms with Crippen molar-refractivity contribution in [3.05, 3.63) is 40.8 Å². The lowest BCUT2D eigenvalue weighted by Gasteiger charge is -2.13. The van der Waals surface area contributed by atoms with E-state index in [9.17, 15) is 0 Å². The van der Waals surface area contributed by atoms with Crippen molar-refractivity contribution in [2.24, 2.45) is 7.05 Å². The minimum absolute atomic E-state index is 0.624. The molecule has 2 aromatic heterocycles. The Hall–Kier alpha value is -2.70. The molecule has 7 nitrogen and oxygen atoms in total. The fraction of sp³-hybridized carbons (Fsp3) is 0.474. The molecule has 26 heavy (non-hydrogen) atoms. The molecule has 0 aliphatic carbocycles. The molecule has 138 valence electrons. The Bertz CT molecular complexity index is 845. The zero-order chi connectivity index (χ0) is 18.5. The van der Waals surface area contributed by atoms with E-state index in [1.807, 2.05) is 32.0 Å². The van der Waals surface area contributed by atoms with Crippen molar-refractivity contribution in [3.8, 4) is 17.1 Å². The fourth-order valence-corrected chi connectivity index (χ4v) is 2.97. The second-order valence-corrected chi connectivity index (χ2v) is 6.53. The molecule has 1 aromatic carbocycles. The Morgan fingerprint density at radius 1 is 1.12 bits per heavy atom. The largest absolute Gasteiger partial charge is 0.493 e. The summed E-state index contributed by atoms with van der Waals surface area (Å²) in [4.78, 5) is 1.46. The number of hydrogen-bond acceptors (Lipinski definition) is 6. The Labute approximate surface area is 153 Å². The molecular weight excluding hydrogens is 330 g/mol. The number of ether oxygens (including phenoxy) is 1. The van der Waals surface area contributed by atoms with Gasteiger partial charge in [-0.25, -0.2) is 0 Å². The zero-order valence-electron chi connectivity index (χ0n) is 15.8. The first-order valence-corrected chi connectivity index (χ1v) is 8.99. The van der Waals surface area contributed by atoms with E-state index in [-0.39, 0.29) is 0 Å². The van der Waals surface area contributed by atoms with Gasteiger partial charge in [-0.05, 0) is 55.2 Å². The predicted octanol–water partition coefficient (Wildman–Crippen LogP) is 3.45. The first-order chi connectivity index (χ1) is 12.6. The topological polar surface area (TPSA) is 78.9 Å². The van der Waals surface area contributed by atoms with Gasteiger partial charge in [0.1, 0.15) is 11.5 Å². The van der Waals surface area contributed by atoms with E-state index in [4.69, 9.17) is 9.26 Å². The molecule has 0 unspecified atom stereocenters. The third-order valence-corrected chi connectivity index (χ3v) is 4.15. The Morgan fingerprint density at radius 3 is 2.54 bits per heavy atom. The molecule has 0 spiro atoms. The monoisotopic (exact) mass is 355 g/mol. The first kappa shape index (κ1) is 18.1. The lowest BCUT2D eigenvalue weighted by atomic mass is 10.1. The SMILES string of the molecule is CCCc1cc(CCCOc2c(C)cc(-c3nnn(C)n3)cc2C)on1. The van der Waals surface area contributed by atoms with Crippen LogP contribution in [0.3, 0.4) is 0 Å². The highest BCUT2D eigenvalue weighted by molar-refractivity contribution is 5.60. The summed E-state index contributed by atoms with van der Waals surface area (Å²) in [6.45, 7) is 6.85. The number of aromatic nitrogens is 5. The summed E-state index contributed by atoms with van der Waals surface area (Å²) in [5, 5.41) is 16.3. The van der Waals surface area contributed by atoms with Gasteiger partial charge in [-0.2, -0.15) is 4.80 Å². The van der Waals surface area contributed by atoms with Crippen LogP contribution >= 0.6 is 0 Å². The van der Waals surface area contributed by atoms with Crippen LogP contribution in [0.15, 0.2) is 22.7 Å². The van der Waals surface area contributed by atoms with Crippen LogP contribution in [0.2, 0.25) is 0 Å². The molecule has 0 N–H and O–H groups in total. The van der Waals surface area contributed by atoms with Gasteiger partial charge in [-0.3, -0.25) is 0 Å². The highest BCUT2D eigenvalue weighted by Crippen LogP contribution is 2.28. The van der Waals surface area contributed by atoms with Crippen molar-refractivity contribution in [1.82, 2.24) is 25.4 Å². The normalized spacial score (nSPS) is 11.1. The standard InChI is InChI=1S/C19H25N5O2/c1-5-7-16-12-17(26-22-16)8-6-9-25-18-13(2)10-15(11-14(18)3)19-20-23-24(4)21-19/h10-12H,5-9H2,1-4H3. The highest BCUT2D eigenvalue weighted by Gasteiger charge is 2.11. The number of rotatable bonds is 8. The Kier molecular flexibility index (Phi) is 5.65. The third kappa shape index (κ3) is 4.28. The Morgan fingerprint density at radius 2 is 1.88 bits per heavy atom. The summed E-state index contributed by atoms with van der Waals surface area (Å²) < 4.78 is 11.4. The number of nitrogens with zero attached hydrogens (tertiary/aromatic N) is 5. The lowest BCUT2D eigenvalue weighted by Crippen LogP contribution is -2.02. The van der Waals surface area contributed by atoms with Gasteiger partial charge in [0.15, 0.2) is 0 Å². The van der Waals surface area contributed by atoms with E-state index < -0.39 is 0 Å². The van der Waals surface area contributed by atoms with E-state index in [1.54, 1.807) is 7.05 Å². The van der Waals surface area contributed by atoms with Crippen LogP contribution < -0.4 is 4.74 Å². The van der Waals surface area contributed by atoms with Crippen LogP contribution in [0.1, 0.15) is 42.3 Å². The lowest BCUT2D eigenvalue weighted by molar-refractivity contribution is 0.296. The van der Waals surface area contributed by atoms with E-state index in [0.29, 0.717) is 12.4 Å². The van der Waals surface area contributed by atoms with Gasteiger partial charge in [-0.1, -0.05) is 18.5 Å². The average molecular weight is 355 g/mol.